The highest BCUT2D eigenvalue weighted by Gasteiger charge is 2.37. The minimum atomic E-state index is -1.57. The van der Waals surface area contributed by atoms with Gasteiger partial charge in [0.25, 0.3) is 0 Å². The van der Waals surface area contributed by atoms with Crippen LogP contribution >= 0.6 is 11.8 Å². The van der Waals surface area contributed by atoms with Crippen LogP contribution in [-0.4, -0.2) is 11.7 Å². The van der Waals surface area contributed by atoms with Crippen LogP contribution in [0.4, 0.5) is 18.9 Å². The average Bonchev–Trinajstić information content (AvgIpc) is 3.01. The number of hydrogen-bond acceptors (Lipinski definition) is 2. The minimum Gasteiger partial charge on any atom is -0.292 e. The van der Waals surface area contributed by atoms with Crippen molar-refractivity contribution in [3.05, 3.63) is 77.6 Å². The van der Waals surface area contributed by atoms with Crippen LogP contribution in [0, 0.1) is 17.5 Å². The largest absolute Gasteiger partial charge is 0.292 e. The molecule has 0 saturated carbocycles. The number of halogens is 3. The molecule has 3 aromatic carbocycles. The SMILES string of the molecule is O=C1CSC(c2cccc3ccccc23)N1c1ccc(F)c(F)c1F. The summed E-state index contributed by atoms with van der Waals surface area (Å²) in [4.78, 5) is 13.6. The molecule has 0 bridgehead atoms. The fourth-order valence-corrected chi connectivity index (χ4v) is 4.29. The van der Waals surface area contributed by atoms with Crippen LogP contribution in [0.15, 0.2) is 54.6 Å². The van der Waals surface area contributed by atoms with Gasteiger partial charge in [-0.2, -0.15) is 0 Å². The Bertz CT molecular complexity index is 986. The van der Waals surface area contributed by atoms with Crippen molar-refractivity contribution in [3.63, 3.8) is 0 Å². The van der Waals surface area contributed by atoms with Gasteiger partial charge in [-0.15, -0.1) is 11.8 Å². The van der Waals surface area contributed by atoms with Crippen LogP contribution in [0.3, 0.4) is 0 Å². The lowest BCUT2D eigenvalue weighted by Gasteiger charge is -2.26. The third kappa shape index (κ3) is 2.57. The van der Waals surface area contributed by atoms with E-state index in [1.165, 1.54) is 16.7 Å². The number of carbonyl (C=O) groups is 1. The topological polar surface area (TPSA) is 20.3 Å². The molecule has 2 nitrogen and oxygen atoms in total. The Kier molecular flexibility index (Phi) is 3.92. The number of nitrogens with zero attached hydrogens (tertiary/aromatic N) is 1. The summed E-state index contributed by atoms with van der Waals surface area (Å²) >= 11 is 1.33. The fourth-order valence-electron chi connectivity index (χ4n) is 3.08. The van der Waals surface area contributed by atoms with Gasteiger partial charge < -0.3 is 0 Å². The Morgan fingerprint density at radius 3 is 2.52 bits per heavy atom. The number of fused-ring (bicyclic) bond motifs is 1. The normalized spacial score (nSPS) is 17.5. The summed E-state index contributed by atoms with van der Waals surface area (Å²) in [5.74, 6) is -4.39. The molecule has 0 radical (unpaired) electrons. The molecule has 25 heavy (non-hydrogen) atoms. The molecule has 1 saturated heterocycles. The van der Waals surface area contributed by atoms with Crippen LogP contribution in [0.2, 0.25) is 0 Å². The molecule has 4 rings (SSSR count). The second-order valence-corrected chi connectivity index (χ2v) is 6.76. The van der Waals surface area contributed by atoms with Crippen LogP contribution in [0.1, 0.15) is 10.9 Å². The Labute approximate surface area is 146 Å². The molecule has 1 heterocycles. The highest BCUT2D eigenvalue weighted by Crippen LogP contribution is 2.44. The van der Waals surface area contributed by atoms with E-state index in [4.69, 9.17) is 0 Å². The smallest absolute Gasteiger partial charge is 0.238 e. The summed E-state index contributed by atoms with van der Waals surface area (Å²) in [6.45, 7) is 0. The molecule has 0 spiro atoms. The zero-order valence-corrected chi connectivity index (χ0v) is 13.7. The van der Waals surface area contributed by atoms with Crippen molar-refractivity contribution < 1.29 is 18.0 Å². The number of hydrogen-bond donors (Lipinski definition) is 0. The van der Waals surface area contributed by atoms with E-state index < -0.39 is 22.8 Å². The fraction of sp³-hybridized carbons (Fsp3) is 0.105. The lowest BCUT2D eigenvalue weighted by atomic mass is 10.0. The highest BCUT2D eigenvalue weighted by molar-refractivity contribution is 8.00. The first-order chi connectivity index (χ1) is 12.1. The third-order valence-corrected chi connectivity index (χ3v) is 5.43. The molecule has 0 aliphatic carbocycles. The van der Waals surface area contributed by atoms with Crippen LogP contribution in [0.25, 0.3) is 10.8 Å². The van der Waals surface area contributed by atoms with Crippen LogP contribution in [-0.2, 0) is 4.79 Å². The molecule has 0 N–H and O–H groups in total. The molecule has 1 fully saturated rings. The van der Waals surface area contributed by atoms with Gasteiger partial charge in [0.05, 0.1) is 11.4 Å². The molecule has 1 aliphatic heterocycles. The van der Waals surface area contributed by atoms with Gasteiger partial charge in [0, 0.05) is 0 Å². The predicted molar refractivity (Wildman–Crippen MR) is 92.9 cm³/mol. The lowest BCUT2D eigenvalue weighted by molar-refractivity contribution is -0.115. The number of rotatable bonds is 2. The van der Waals surface area contributed by atoms with Gasteiger partial charge in [0.2, 0.25) is 5.91 Å². The molecular weight excluding hydrogens is 347 g/mol. The Morgan fingerprint density at radius 1 is 0.920 bits per heavy atom. The van der Waals surface area contributed by atoms with E-state index in [0.717, 1.165) is 28.5 Å². The summed E-state index contributed by atoms with van der Waals surface area (Å²) in [5.41, 5.74) is 0.588. The molecule has 6 heteroatoms. The van der Waals surface area contributed by atoms with Gasteiger partial charge in [-0.25, -0.2) is 13.2 Å². The van der Waals surface area contributed by atoms with Crippen molar-refractivity contribution in [1.29, 1.82) is 0 Å². The van der Waals surface area contributed by atoms with Gasteiger partial charge in [-0.3, -0.25) is 9.69 Å². The maximum absolute atomic E-state index is 14.3. The van der Waals surface area contributed by atoms with Crippen LogP contribution < -0.4 is 4.90 Å². The van der Waals surface area contributed by atoms with E-state index in [9.17, 15) is 18.0 Å². The van der Waals surface area contributed by atoms with Gasteiger partial charge in [-0.1, -0.05) is 42.5 Å². The van der Waals surface area contributed by atoms with Crippen molar-refractivity contribution in [3.8, 4) is 0 Å². The molecule has 126 valence electrons. The second kappa shape index (κ2) is 6.11. The van der Waals surface area contributed by atoms with E-state index in [2.05, 4.69) is 0 Å². The zero-order chi connectivity index (χ0) is 17.6. The first-order valence-corrected chi connectivity index (χ1v) is 8.67. The molecule has 0 aromatic heterocycles. The Balaban J connectivity index is 1.87. The third-order valence-electron chi connectivity index (χ3n) is 4.23. The van der Waals surface area contributed by atoms with Gasteiger partial charge in [0.15, 0.2) is 17.5 Å². The maximum atomic E-state index is 14.3. The van der Waals surface area contributed by atoms with Crippen molar-refractivity contribution in [1.82, 2.24) is 0 Å². The summed E-state index contributed by atoms with van der Waals surface area (Å²) in [5, 5.41) is 1.42. The molecule has 1 amide bonds. The molecule has 1 atom stereocenters. The average molecular weight is 359 g/mol. The number of amides is 1. The standard InChI is InChI=1S/C19H12F3NOS/c20-14-8-9-15(18(22)17(14)21)23-16(24)10-25-19(23)13-7-3-5-11-4-1-2-6-12(11)13/h1-9,19H,10H2. The number of carbonyl (C=O) groups excluding carboxylic acids is 1. The number of thioether (sulfide) groups is 1. The first kappa shape index (κ1) is 16.0. The van der Waals surface area contributed by atoms with Gasteiger partial charge in [-0.05, 0) is 28.5 Å². The van der Waals surface area contributed by atoms with Gasteiger partial charge >= 0.3 is 0 Å². The summed E-state index contributed by atoms with van der Waals surface area (Å²) < 4.78 is 41.2. The predicted octanol–water partition coefficient (Wildman–Crippen LogP) is 5.04. The van der Waals surface area contributed by atoms with E-state index in [-0.39, 0.29) is 17.3 Å². The molecule has 3 aromatic rings. The van der Waals surface area contributed by atoms with E-state index in [0.29, 0.717) is 0 Å². The van der Waals surface area contributed by atoms with E-state index >= 15 is 0 Å². The maximum Gasteiger partial charge on any atom is 0.238 e. The first-order valence-electron chi connectivity index (χ1n) is 7.63. The van der Waals surface area contributed by atoms with Crippen molar-refractivity contribution in [2.45, 2.75) is 5.37 Å². The van der Waals surface area contributed by atoms with Crippen molar-refractivity contribution in [2.24, 2.45) is 0 Å². The number of benzene rings is 3. The summed E-state index contributed by atoms with van der Waals surface area (Å²) in [6, 6.07) is 15.3. The zero-order valence-electron chi connectivity index (χ0n) is 12.9. The van der Waals surface area contributed by atoms with Gasteiger partial charge in [0.1, 0.15) is 5.37 Å². The van der Waals surface area contributed by atoms with E-state index in [1.807, 2.05) is 42.5 Å². The monoisotopic (exact) mass is 359 g/mol. The van der Waals surface area contributed by atoms with Crippen molar-refractivity contribution in [2.75, 3.05) is 10.7 Å². The minimum absolute atomic E-state index is 0.145. The highest BCUT2D eigenvalue weighted by atomic mass is 32.2. The molecule has 1 unspecified atom stereocenters. The summed E-state index contributed by atoms with van der Waals surface area (Å²) in [7, 11) is 0. The Morgan fingerprint density at radius 2 is 1.68 bits per heavy atom. The quantitative estimate of drug-likeness (QED) is 0.598. The lowest BCUT2D eigenvalue weighted by Crippen LogP contribution is -2.29. The Hall–Kier alpha value is -2.47. The molecular formula is C19H12F3NOS. The molecule has 1 aliphatic rings. The summed E-state index contributed by atoms with van der Waals surface area (Å²) in [6.07, 6.45) is 0. The van der Waals surface area contributed by atoms with Crippen LogP contribution in [0.5, 0.6) is 0 Å². The second-order valence-electron chi connectivity index (χ2n) is 5.69. The van der Waals surface area contributed by atoms with E-state index in [1.54, 1.807) is 0 Å². The van der Waals surface area contributed by atoms with Crippen molar-refractivity contribution >= 4 is 34.1 Å². The number of anilines is 1.